The molecule has 2 rings (SSSR count). The fourth-order valence-corrected chi connectivity index (χ4v) is 2.19. The van der Waals surface area contributed by atoms with Crippen molar-refractivity contribution in [2.45, 2.75) is 13.0 Å². The van der Waals surface area contributed by atoms with Gasteiger partial charge in [0, 0.05) is 30.4 Å². The molecule has 2 aromatic rings. The summed E-state index contributed by atoms with van der Waals surface area (Å²) in [4.78, 5) is 2.08. The molecule has 2 aromatic carbocycles. The van der Waals surface area contributed by atoms with Crippen molar-refractivity contribution >= 4 is 5.69 Å². The summed E-state index contributed by atoms with van der Waals surface area (Å²) >= 11 is 0. The predicted molar refractivity (Wildman–Crippen MR) is 82.3 cm³/mol. The van der Waals surface area contributed by atoms with Gasteiger partial charge < -0.3 is 5.32 Å². The van der Waals surface area contributed by atoms with Crippen molar-refractivity contribution in [2.24, 2.45) is 0 Å². The number of halogens is 2. The quantitative estimate of drug-likeness (QED) is 0.862. The highest BCUT2D eigenvalue weighted by atomic mass is 19.1. The van der Waals surface area contributed by atoms with E-state index in [2.05, 4.69) is 10.2 Å². The molecule has 21 heavy (non-hydrogen) atoms. The van der Waals surface area contributed by atoms with E-state index >= 15 is 0 Å². The molecule has 4 heteroatoms. The topological polar surface area (TPSA) is 15.3 Å². The number of hydrogen-bond donors (Lipinski definition) is 1. The van der Waals surface area contributed by atoms with Crippen LogP contribution >= 0.6 is 0 Å². The molecule has 0 bridgehead atoms. The molecule has 0 saturated carbocycles. The fraction of sp³-hybridized carbons (Fsp3) is 0.294. The lowest BCUT2D eigenvalue weighted by Gasteiger charge is -2.25. The Kier molecular flexibility index (Phi) is 5.28. The van der Waals surface area contributed by atoms with E-state index in [-0.39, 0.29) is 17.7 Å². The maximum atomic E-state index is 13.7. The van der Waals surface area contributed by atoms with Crippen molar-refractivity contribution in [3.8, 4) is 0 Å². The Labute approximate surface area is 124 Å². The smallest absolute Gasteiger partial charge is 0.127 e. The highest BCUT2D eigenvalue weighted by Crippen LogP contribution is 2.21. The summed E-state index contributed by atoms with van der Waals surface area (Å²) < 4.78 is 26.5. The first-order chi connectivity index (χ1) is 10.1. The van der Waals surface area contributed by atoms with Gasteiger partial charge in [0.2, 0.25) is 0 Å². The minimum absolute atomic E-state index is 0.00113. The average molecular weight is 290 g/mol. The SMILES string of the molecule is CC(c1ccccc1F)N(C)CCNc1ccc(F)cc1. The van der Waals surface area contributed by atoms with Crippen LogP contribution in [0.4, 0.5) is 14.5 Å². The number of nitrogens with one attached hydrogen (secondary N) is 1. The van der Waals surface area contributed by atoms with E-state index in [4.69, 9.17) is 0 Å². The first kappa shape index (κ1) is 15.4. The van der Waals surface area contributed by atoms with Crippen LogP contribution in [-0.2, 0) is 0 Å². The second-order valence-electron chi connectivity index (χ2n) is 5.11. The van der Waals surface area contributed by atoms with Crippen LogP contribution in [0, 0.1) is 11.6 Å². The highest BCUT2D eigenvalue weighted by molar-refractivity contribution is 5.42. The first-order valence-electron chi connectivity index (χ1n) is 7.02. The standard InChI is InChI=1S/C17H20F2N2/c1-13(16-5-3-4-6-17(16)19)21(2)12-11-20-15-9-7-14(18)8-10-15/h3-10,13,20H,11-12H2,1-2H3. The summed E-state index contributed by atoms with van der Waals surface area (Å²) in [5.41, 5.74) is 1.57. The number of likely N-dealkylation sites (N-methyl/N-ethyl adjacent to an activating group) is 1. The van der Waals surface area contributed by atoms with Crippen LogP contribution in [0.25, 0.3) is 0 Å². The molecule has 0 aliphatic carbocycles. The van der Waals surface area contributed by atoms with E-state index in [1.54, 1.807) is 18.2 Å². The third-order valence-corrected chi connectivity index (χ3v) is 3.65. The Hall–Kier alpha value is -1.94. The zero-order valence-electron chi connectivity index (χ0n) is 12.3. The normalized spacial score (nSPS) is 12.4. The summed E-state index contributed by atoms with van der Waals surface area (Å²) in [6.07, 6.45) is 0. The molecule has 2 nitrogen and oxygen atoms in total. The summed E-state index contributed by atoms with van der Waals surface area (Å²) in [7, 11) is 1.96. The van der Waals surface area contributed by atoms with E-state index in [1.165, 1.54) is 18.2 Å². The average Bonchev–Trinajstić information content (AvgIpc) is 2.49. The van der Waals surface area contributed by atoms with E-state index in [1.807, 2.05) is 26.1 Å². The molecule has 112 valence electrons. The van der Waals surface area contributed by atoms with Crippen molar-refractivity contribution in [1.29, 1.82) is 0 Å². The van der Waals surface area contributed by atoms with Crippen LogP contribution in [0.1, 0.15) is 18.5 Å². The number of anilines is 1. The van der Waals surface area contributed by atoms with E-state index in [9.17, 15) is 8.78 Å². The lowest BCUT2D eigenvalue weighted by Crippen LogP contribution is -2.28. The third-order valence-electron chi connectivity index (χ3n) is 3.65. The van der Waals surface area contributed by atoms with Crippen LogP contribution in [-0.4, -0.2) is 25.0 Å². The van der Waals surface area contributed by atoms with Gasteiger partial charge in [-0.15, -0.1) is 0 Å². The molecule has 1 atom stereocenters. The fourth-order valence-electron chi connectivity index (χ4n) is 2.19. The van der Waals surface area contributed by atoms with Gasteiger partial charge in [0.05, 0.1) is 0 Å². The van der Waals surface area contributed by atoms with Gasteiger partial charge in [-0.05, 0) is 44.3 Å². The molecule has 0 amide bonds. The van der Waals surface area contributed by atoms with Crippen molar-refractivity contribution in [1.82, 2.24) is 4.90 Å². The summed E-state index contributed by atoms with van der Waals surface area (Å²) in [5.74, 6) is -0.422. The van der Waals surface area contributed by atoms with Gasteiger partial charge in [-0.25, -0.2) is 8.78 Å². The van der Waals surface area contributed by atoms with Gasteiger partial charge in [0.15, 0.2) is 0 Å². The Morgan fingerprint density at radius 3 is 2.38 bits per heavy atom. The van der Waals surface area contributed by atoms with Crippen LogP contribution in [0.15, 0.2) is 48.5 Å². The molecule has 0 radical (unpaired) electrons. The number of rotatable bonds is 6. The third kappa shape index (κ3) is 4.26. The first-order valence-corrected chi connectivity index (χ1v) is 7.02. The lowest BCUT2D eigenvalue weighted by molar-refractivity contribution is 0.266. The summed E-state index contributed by atoms with van der Waals surface area (Å²) in [6.45, 7) is 3.45. The molecule has 0 spiro atoms. The van der Waals surface area contributed by atoms with Gasteiger partial charge >= 0.3 is 0 Å². The molecule has 0 aliphatic rings. The van der Waals surface area contributed by atoms with Gasteiger partial charge in [0.25, 0.3) is 0 Å². The van der Waals surface area contributed by atoms with E-state index < -0.39 is 0 Å². The predicted octanol–water partition coefficient (Wildman–Crippen LogP) is 4.07. The highest BCUT2D eigenvalue weighted by Gasteiger charge is 2.14. The maximum Gasteiger partial charge on any atom is 0.127 e. The molecular weight excluding hydrogens is 270 g/mol. The zero-order valence-corrected chi connectivity index (χ0v) is 12.3. The van der Waals surface area contributed by atoms with Crippen LogP contribution in [0.3, 0.4) is 0 Å². The van der Waals surface area contributed by atoms with Crippen molar-refractivity contribution in [2.75, 3.05) is 25.5 Å². The summed E-state index contributed by atoms with van der Waals surface area (Å²) in [5, 5.41) is 3.22. The van der Waals surface area contributed by atoms with Gasteiger partial charge in [0.1, 0.15) is 11.6 Å². The Morgan fingerprint density at radius 1 is 1.05 bits per heavy atom. The monoisotopic (exact) mass is 290 g/mol. The van der Waals surface area contributed by atoms with Gasteiger partial charge in [-0.2, -0.15) is 0 Å². The molecule has 0 heterocycles. The molecule has 0 fully saturated rings. The molecule has 0 saturated heterocycles. The largest absolute Gasteiger partial charge is 0.384 e. The molecule has 1 unspecified atom stereocenters. The molecule has 0 aliphatic heterocycles. The van der Waals surface area contributed by atoms with Crippen molar-refractivity contribution in [3.63, 3.8) is 0 Å². The Balaban J connectivity index is 1.85. The molecule has 1 N–H and O–H groups in total. The molecular formula is C17H20F2N2. The minimum atomic E-state index is -0.245. The number of hydrogen-bond acceptors (Lipinski definition) is 2. The number of benzene rings is 2. The van der Waals surface area contributed by atoms with Gasteiger partial charge in [-0.3, -0.25) is 4.90 Å². The molecule has 0 aromatic heterocycles. The van der Waals surface area contributed by atoms with Crippen LogP contribution < -0.4 is 5.32 Å². The minimum Gasteiger partial charge on any atom is -0.384 e. The van der Waals surface area contributed by atoms with Crippen molar-refractivity contribution in [3.05, 3.63) is 65.7 Å². The summed E-state index contributed by atoms with van der Waals surface area (Å²) in [6, 6.07) is 13.1. The zero-order chi connectivity index (χ0) is 15.2. The second-order valence-corrected chi connectivity index (χ2v) is 5.11. The van der Waals surface area contributed by atoms with Crippen molar-refractivity contribution < 1.29 is 8.78 Å². The Morgan fingerprint density at radius 2 is 1.71 bits per heavy atom. The van der Waals surface area contributed by atoms with Crippen LogP contribution in [0.5, 0.6) is 0 Å². The van der Waals surface area contributed by atoms with Gasteiger partial charge in [-0.1, -0.05) is 18.2 Å². The van der Waals surface area contributed by atoms with E-state index in [0.717, 1.165) is 12.2 Å². The lowest BCUT2D eigenvalue weighted by atomic mass is 10.1. The Bertz CT molecular complexity index is 569. The van der Waals surface area contributed by atoms with E-state index in [0.29, 0.717) is 12.1 Å². The van der Waals surface area contributed by atoms with Crippen LogP contribution in [0.2, 0.25) is 0 Å². The second kappa shape index (κ2) is 7.18. The number of nitrogens with zero attached hydrogens (tertiary/aromatic N) is 1. The maximum absolute atomic E-state index is 13.7.